The Morgan fingerprint density at radius 1 is 1.31 bits per heavy atom. The minimum Gasteiger partial charge on any atom is -0.266 e. The summed E-state index contributed by atoms with van der Waals surface area (Å²) in [5.41, 5.74) is 2.54. The van der Waals surface area contributed by atoms with Crippen molar-refractivity contribution in [2.75, 3.05) is 0 Å². The van der Waals surface area contributed by atoms with Crippen LogP contribution in [0.25, 0.3) is 0 Å². The number of halogens is 1. The molecule has 4 heteroatoms. The first-order valence-corrected chi connectivity index (χ1v) is 4.18. The van der Waals surface area contributed by atoms with Gasteiger partial charge in [-0.3, -0.25) is 4.79 Å². The number of rotatable bonds is 1. The number of hydrogen-bond donors (Lipinski definition) is 1. The summed E-state index contributed by atoms with van der Waals surface area (Å²) in [4.78, 5) is 11.3. The first-order valence-electron chi connectivity index (χ1n) is 3.84. The molecule has 0 heterocycles. The number of carbonyl (C=O) groups excluding carboxylic acids is 1. The molecule has 0 spiro atoms. The van der Waals surface area contributed by atoms with Crippen LogP contribution in [0, 0.1) is 13.8 Å². The highest BCUT2D eigenvalue weighted by Crippen LogP contribution is 2.10. The van der Waals surface area contributed by atoms with Crippen molar-refractivity contribution < 1.29 is 4.79 Å². The third-order valence-electron chi connectivity index (χ3n) is 1.66. The maximum absolute atomic E-state index is 11.3. The van der Waals surface area contributed by atoms with Crippen LogP contribution < -0.4 is 5.84 Å². The Bertz CT molecular complexity index is 316. The van der Waals surface area contributed by atoms with Gasteiger partial charge in [-0.2, -0.15) is 4.53 Å². The van der Waals surface area contributed by atoms with Crippen molar-refractivity contribution in [2.45, 2.75) is 13.8 Å². The van der Waals surface area contributed by atoms with E-state index in [4.69, 9.17) is 17.6 Å². The van der Waals surface area contributed by atoms with Crippen LogP contribution >= 0.6 is 11.8 Å². The lowest BCUT2D eigenvalue weighted by molar-refractivity contribution is 0.0863. The van der Waals surface area contributed by atoms with Gasteiger partial charge in [-0.1, -0.05) is 17.2 Å². The molecule has 0 atom stereocenters. The minimum absolute atomic E-state index is 0.395. The summed E-state index contributed by atoms with van der Waals surface area (Å²) in [5, 5.41) is 0. The Labute approximate surface area is 82.2 Å². The second-order valence-electron chi connectivity index (χ2n) is 2.99. The topological polar surface area (TPSA) is 46.3 Å². The second kappa shape index (κ2) is 3.77. The lowest BCUT2D eigenvalue weighted by Gasteiger charge is -2.07. The van der Waals surface area contributed by atoms with Crippen molar-refractivity contribution in [1.82, 2.24) is 4.53 Å². The third-order valence-corrected chi connectivity index (χ3v) is 1.82. The molecule has 0 aliphatic heterocycles. The van der Waals surface area contributed by atoms with Gasteiger partial charge in [0.15, 0.2) is 0 Å². The van der Waals surface area contributed by atoms with E-state index in [0.29, 0.717) is 10.1 Å². The van der Waals surface area contributed by atoms with Crippen molar-refractivity contribution in [2.24, 2.45) is 5.84 Å². The van der Waals surface area contributed by atoms with Gasteiger partial charge in [0, 0.05) is 17.3 Å². The van der Waals surface area contributed by atoms with Crippen molar-refractivity contribution in [3.63, 3.8) is 0 Å². The van der Waals surface area contributed by atoms with E-state index in [9.17, 15) is 4.79 Å². The molecular weight excluding hydrogens is 188 g/mol. The van der Waals surface area contributed by atoms with Crippen LogP contribution in [-0.2, 0) is 0 Å². The Morgan fingerprint density at radius 3 is 2.15 bits per heavy atom. The Kier molecular flexibility index (Phi) is 2.90. The van der Waals surface area contributed by atoms with Gasteiger partial charge >= 0.3 is 0 Å². The van der Waals surface area contributed by atoms with Gasteiger partial charge in [0.25, 0.3) is 5.91 Å². The summed E-state index contributed by atoms with van der Waals surface area (Å²) in [6, 6.07) is 5.47. The smallest absolute Gasteiger partial charge is 0.266 e. The summed E-state index contributed by atoms with van der Waals surface area (Å²) in [7, 11) is 0. The third kappa shape index (κ3) is 2.44. The molecular formula is C9H11ClN2O. The second-order valence-corrected chi connectivity index (χ2v) is 3.36. The zero-order valence-corrected chi connectivity index (χ0v) is 8.30. The molecule has 13 heavy (non-hydrogen) atoms. The van der Waals surface area contributed by atoms with Crippen LogP contribution in [0.2, 0.25) is 0 Å². The van der Waals surface area contributed by atoms with E-state index < -0.39 is 5.91 Å². The van der Waals surface area contributed by atoms with Crippen molar-refractivity contribution in [1.29, 1.82) is 0 Å². The maximum atomic E-state index is 11.3. The minimum atomic E-state index is -0.395. The molecule has 0 aromatic heterocycles. The van der Waals surface area contributed by atoms with Gasteiger partial charge < -0.3 is 0 Å². The fraction of sp³-hybridized carbons (Fsp3) is 0.222. The van der Waals surface area contributed by atoms with E-state index in [0.717, 1.165) is 11.1 Å². The molecule has 0 fully saturated rings. The number of benzene rings is 1. The highest BCUT2D eigenvalue weighted by molar-refractivity contribution is 6.23. The molecule has 0 unspecified atom stereocenters. The van der Waals surface area contributed by atoms with Crippen LogP contribution in [-0.4, -0.2) is 10.4 Å². The predicted octanol–water partition coefficient (Wildman–Crippen LogP) is 1.77. The quantitative estimate of drug-likeness (QED) is 0.324. The highest BCUT2D eigenvalue weighted by atomic mass is 35.5. The molecule has 0 aliphatic carbocycles. The van der Waals surface area contributed by atoms with E-state index in [-0.39, 0.29) is 0 Å². The normalized spacial score (nSPS) is 9.85. The summed E-state index contributed by atoms with van der Waals surface area (Å²) in [6.07, 6.45) is 0. The fourth-order valence-corrected chi connectivity index (χ4v) is 1.32. The van der Waals surface area contributed by atoms with Gasteiger partial charge in [0.1, 0.15) is 0 Å². The number of carbonyl (C=O) groups is 1. The molecule has 1 aromatic rings. The van der Waals surface area contributed by atoms with Gasteiger partial charge in [-0.15, -0.1) is 0 Å². The van der Waals surface area contributed by atoms with E-state index in [1.54, 1.807) is 12.1 Å². The SMILES string of the molecule is Cc1cc(C)cc(C(=O)N(N)Cl)c1. The number of amides is 1. The number of nitrogens with zero attached hydrogens (tertiary/aromatic N) is 1. The Balaban J connectivity index is 3.08. The van der Waals surface area contributed by atoms with Crippen molar-refractivity contribution in [3.8, 4) is 0 Å². The lowest BCUT2D eigenvalue weighted by Crippen LogP contribution is -2.28. The number of hydrazine groups is 1. The highest BCUT2D eigenvalue weighted by Gasteiger charge is 2.10. The van der Waals surface area contributed by atoms with E-state index >= 15 is 0 Å². The van der Waals surface area contributed by atoms with Crippen LogP contribution in [0.15, 0.2) is 18.2 Å². The van der Waals surface area contributed by atoms with E-state index in [1.807, 2.05) is 19.9 Å². The largest absolute Gasteiger partial charge is 0.282 e. The average Bonchev–Trinajstić information content (AvgIpc) is 2.01. The molecule has 3 nitrogen and oxygen atoms in total. The molecule has 0 saturated heterocycles. The number of aryl methyl sites for hydroxylation is 2. The molecule has 2 N–H and O–H groups in total. The van der Waals surface area contributed by atoms with Crippen LogP contribution in [0.4, 0.5) is 0 Å². The van der Waals surface area contributed by atoms with E-state index in [1.165, 1.54) is 0 Å². The maximum Gasteiger partial charge on any atom is 0.282 e. The lowest BCUT2D eigenvalue weighted by atomic mass is 10.1. The first-order chi connectivity index (χ1) is 6.00. The average molecular weight is 199 g/mol. The van der Waals surface area contributed by atoms with Crippen LogP contribution in [0.3, 0.4) is 0 Å². The summed E-state index contributed by atoms with van der Waals surface area (Å²) in [5.74, 6) is 4.72. The zero-order chi connectivity index (χ0) is 10.0. The summed E-state index contributed by atoms with van der Waals surface area (Å²) in [6.45, 7) is 3.83. The Hall–Kier alpha value is -1.06. The summed E-state index contributed by atoms with van der Waals surface area (Å²) >= 11 is 5.33. The summed E-state index contributed by atoms with van der Waals surface area (Å²) < 4.78 is 0.564. The predicted molar refractivity (Wildman–Crippen MR) is 52.1 cm³/mol. The molecule has 0 saturated carbocycles. The zero-order valence-electron chi connectivity index (χ0n) is 7.54. The van der Waals surface area contributed by atoms with Gasteiger partial charge in [0.2, 0.25) is 0 Å². The van der Waals surface area contributed by atoms with E-state index in [2.05, 4.69) is 0 Å². The first kappa shape index (κ1) is 10.0. The van der Waals surface area contributed by atoms with Gasteiger partial charge in [-0.05, 0) is 26.0 Å². The monoisotopic (exact) mass is 198 g/mol. The van der Waals surface area contributed by atoms with Crippen LogP contribution in [0.1, 0.15) is 21.5 Å². The van der Waals surface area contributed by atoms with Gasteiger partial charge in [0.05, 0.1) is 0 Å². The standard InChI is InChI=1S/C9H11ClN2O/c1-6-3-7(2)5-8(4-6)9(13)12(10)11/h3-5H,11H2,1-2H3. The molecule has 0 radical (unpaired) electrons. The molecule has 70 valence electrons. The molecule has 1 rings (SSSR count). The van der Waals surface area contributed by atoms with Crippen molar-refractivity contribution in [3.05, 3.63) is 34.9 Å². The Morgan fingerprint density at radius 2 is 1.77 bits per heavy atom. The molecule has 1 aromatic carbocycles. The fourth-order valence-electron chi connectivity index (χ4n) is 1.22. The molecule has 1 amide bonds. The number of nitrogens with two attached hydrogens (primary N) is 1. The number of hydrogen-bond acceptors (Lipinski definition) is 2. The van der Waals surface area contributed by atoms with Gasteiger partial charge in [-0.25, -0.2) is 5.84 Å². The molecule has 0 bridgehead atoms. The van der Waals surface area contributed by atoms with Crippen molar-refractivity contribution >= 4 is 17.7 Å². The molecule has 0 aliphatic rings. The van der Waals surface area contributed by atoms with Crippen LogP contribution in [0.5, 0.6) is 0 Å².